The largest absolute Gasteiger partial charge is 0.358 e. The summed E-state index contributed by atoms with van der Waals surface area (Å²) in [6.45, 7) is 0. The van der Waals surface area contributed by atoms with Crippen LogP contribution in [0.1, 0.15) is 5.56 Å². The Morgan fingerprint density at radius 3 is 2.80 bits per heavy atom. The molecule has 1 N–H and O–H groups in total. The molecule has 0 unspecified atom stereocenters. The monoisotopic (exact) mass is 231 g/mol. The maximum atomic E-state index is 13.1. The second-order valence-electron chi connectivity index (χ2n) is 2.90. The third kappa shape index (κ3) is 3.87. The number of rotatable bonds is 4. The van der Waals surface area contributed by atoms with Crippen LogP contribution >= 0.6 is 11.8 Å². The van der Waals surface area contributed by atoms with Crippen molar-refractivity contribution in [3.8, 4) is 0 Å². The molecule has 0 spiro atoms. The molecule has 2 nitrogen and oxygen atoms in total. The summed E-state index contributed by atoms with van der Waals surface area (Å²) in [5.74, 6) is -0.637. The van der Waals surface area contributed by atoms with E-state index < -0.39 is 11.6 Å². The van der Waals surface area contributed by atoms with Crippen molar-refractivity contribution in [2.45, 2.75) is 5.75 Å². The summed E-state index contributed by atoms with van der Waals surface area (Å²) in [4.78, 5) is 10.9. The van der Waals surface area contributed by atoms with E-state index in [2.05, 4.69) is 5.32 Å². The lowest BCUT2D eigenvalue weighted by Crippen LogP contribution is -2.19. The van der Waals surface area contributed by atoms with Crippen LogP contribution in [-0.2, 0) is 10.5 Å². The molecule has 1 aromatic rings. The van der Waals surface area contributed by atoms with Crippen LogP contribution in [0.5, 0.6) is 0 Å². The number of thioether (sulfide) groups is 1. The first-order valence-electron chi connectivity index (χ1n) is 4.35. The number of hydrogen-bond acceptors (Lipinski definition) is 2. The third-order valence-corrected chi connectivity index (χ3v) is 2.77. The van der Waals surface area contributed by atoms with E-state index in [1.807, 2.05) is 0 Å². The van der Waals surface area contributed by atoms with Gasteiger partial charge >= 0.3 is 0 Å². The van der Waals surface area contributed by atoms with E-state index in [1.54, 1.807) is 7.05 Å². The lowest BCUT2D eigenvalue weighted by molar-refractivity contribution is -0.118. The minimum atomic E-state index is -0.590. The molecule has 0 aromatic heterocycles. The SMILES string of the molecule is CNC(=O)CSCc1ccc(F)cc1F. The quantitative estimate of drug-likeness (QED) is 0.858. The minimum Gasteiger partial charge on any atom is -0.358 e. The van der Waals surface area contributed by atoms with Crippen molar-refractivity contribution in [3.05, 3.63) is 35.4 Å². The number of benzene rings is 1. The Morgan fingerprint density at radius 1 is 1.47 bits per heavy atom. The van der Waals surface area contributed by atoms with Crippen molar-refractivity contribution >= 4 is 17.7 Å². The molecule has 0 atom stereocenters. The number of carbonyl (C=O) groups excluding carboxylic acids is 1. The molecule has 82 valence electrons. The van der Waals surface area contributed by atoms with Crippen molar-refractivity contribution in [1.82, 2.24) is 5.32 Å². The predicted molar refractivity (Wildman–Crippen MR) is 56.6 cm³/mol. The van der Waals surface area contributed by atoms with E-state index in [9.17, 15) is 13.6 Å². The normalized spacial score (nSPS) is 10.1. The molecule has 0 saturated carbocycles. The highest BCUT2D eigenvalue weighted by Crippen LogP contribution is 2.16. The summed E-state index contributed by atoms with van der Waals surface area (Å²) < 4.78 is 25.6. The Morgan fingerprint density at radius 2 is 2.20 bits per heavy atom. The van der Waals surface area contributed by atoms with Gasteiger partial charge in [-0.15, -0.1) is 11.8 Å². The lowest BCUT2D eigenvalue weighted by atomic mass is 10.2. The van der Waals surface area contributed by atoms with Crippen LogP contribution in [0, 0.1) is 11.6 Å². The van der Waals surface area contributed by atoms with Crippen molar-refractivity contribution < 1.29 is 13.6 Å². The fourth-order valence-corrected chi connectivity index (χ4v) is 1.85. The van der Waals surface area contributed by atoms with Gasteiger partial charge in [0.25, 0.3) is 0 Å². The second kappa shape index (κ2) is 5.70. The van der Waals surface area contributed by atoms with Crippen LogP contribution in [0.4, 0.5) is 8.78 Å². The Bertz CT molecular complexity index is 357. The zero-order valence-electron chi connectivity index (χ0n) is 8.22. The molecule has 1 rings (SSSR count). The molecule has 0 bridgehead atoms. The lowest BCUT2D eigenvalue weighted by Gasteiger charge is -2.02. The van der Waals surface area contributed by atoms with E-state index >= 15 is 0 Å². The molecule has 1 amide bonds. The molecule has 0 fully saturated rings. The van der Waals surface area contributed by atoms with E-state index in [0.717, 1.165) is 6.07 Å². The molecular weight excluding hydrogens is 220 g/mol. The van der Waals surface area contributed by atoms with Crippen LogP contribution in [0.25, 0.3) is 0 Å². The molecule has 0 aliphatic carbocycles. The van der Waals surface area contributed by atoms with Gasteiger partial charge in [-0.2, -0.15) is 0 Å². The first-order chi connectivity index (χ1) is 7.13. The Kier molecular flexibility index (Phi) is 4.55. The van der Waals surface area contributed by atoms with Crippen LogP contribution in [0.3, 0.4) is 0 Å². The molecule has 0 aliphatic rings. The number of nitrogens with one attached hydrogen (secondary N) is 1. The topological polar surface area (TPSA) is 29.1 Å². The second-order valence-corrected chi connectivity index (χ2v) is 3.89. The molecule has 0 aliphatic heterocycles. The van der Waals surface area contributed by atoms with E-state index in [0.29, 0.717) is 11.3 Å². The fraction of sp³-hybridized carbons (Fsp3) is 0.300. The minimum absolute atomic E-state index is 0.109. The predicted octanol–water partition coefficient (Wildman–Crippen LogP) is 1.94. The van der Waals surface area contributed by atoms with Crippen molar-refractivity contribution in [3.63, 3.8) is 0 Å². The molecule has 1 aromatic carbocycles. The highest BCUT2D eigenvalue weighted by Gasteiger charge is 2.05. The number of carbonyl (C=O) groups is 1. The molecule has 5 heteroatoms. The van der Waals surface area contributed by atoms with Crippen molar-refractivity contribution in [1.29, 1.82) is 0 Å². The molecule has 15 heavy (non-hydrogen) atoms. The standard InChI is InChI=1S/C10H11F2NOS/c1-13-10(14)6-15-5-7-2-3-8(11)4-9(7)12/h2-4H,5-6H2,1H3,(H,13,14). The Labute approximate surface area is 91.1 Å². The van der Waals surface area contributed by atoms with E-state index in [4.69, 9.17) is 0 Å². The molecule has 0 heterocycles. The van der Waals surface area contributed by atoms with Crippen LogP contribution < -0.4 is 5.32 Å². The maximum absolute atomic E-state index is 13.1. The Hall–Kier alpha value is -1.10. The van der Waals surface area contributed by atoms with Gasteiger partial charge < -0.3 is 5.32 Å². The first kappa shape index (κ1) is 12.0. The summed E-state index contributed by atoms with van der Waals surface area (Å²) in [5.41, 5.74) is 0.408. The van der Waals surface area contributed by atoms with Gasteiger partial charge in [0.2, 0.25) is 5.91 Å². The third-order valence-electron chi connectivity index (χ3n) is 1.78. The smallest absolute Gasteiger partial charge is 0.229 e. The highest BCUT2D eigenvalue weighted by molar-refractivity contribution is 7.99. The zero-order valence-corrected chi connectivity index (χ0v) is 9.04. The van der Waals surface area contributed by atoms with Crippen LogP contribution in [0.15, 0.2) is 18.2 Å². The summed E-state index contributed by atoms with van der Waals surface area (Å²) in [6.07, 6.45) is 0. The van der Waals surface area contributed by atoms with Crippen LogP contribution in [-0.4, -0.2) is 18.7 Å². The number of hydrogen-bond donors (Lipinski definition) is 1. The molecule has 0 radical (unpaired) electrons. The summed E-state index contributed by atoms with van der Waals surface area (Å²) in [6, 6.07) is 3.44. The molecule has 0 saturated heterocycles. The fourth-order valence-electron chi connectivity index (χ4n) is 0.965. The van der Waals surface area contributed by atoms with E-state index in [-0.39, 0.29) is 11.7 Å². The van der Waals surface area contributed by atoms with E-state index in [1.165, 1.54) is 23.9 Å². The van der Waals surface area contributed by atoms with Gasteiger partial charge in [-0.1, -0.05) is 6.07 Å². The number of halogens is 2. The number of amides is 1. The van der Waals surface area contributed by atoms with Gasteiger partial charge in [-0.25, -0.2) is 8.78 Å². The highest BCUT2D eigenvalue weighted by atomic mass is 32.2. The van der Waals surface area contributed by atoms with Crippen LogP contribution in [0.2, 0.25) is 0 Å². The average Bonchev–Trinajstić information content (AvgIpc) is 2.21. The maximum Gasteiger partial charge on any atom is 0.229 e. The molecular formula is C10H11F2NOS. The van der Waals surface area contributed by atoms with Gasteiger partial charge in [0.15, 0.2) is 0 Å². The first-order valence-corrected chi connectivity index (χ1v) is 5.51. The van der Waals surface area contributed by atoms with Gasteiger partial charge in [0, 0.05) is 18.9 Å². The van der Waals surface area contributed by atoms with Crippen molar-refractivity contribution in [2.24, 2.45) is 0 Å². The van der Waals surface area contributed by atoms with Gasteiger partial charge in [-0.3, -0.25) is 4.79 Å². The Balaban J connectivity index is 2.47. The summed E-state index contributed by atoms with van der Waals surface area (Å²) >= 11 is 1.28. The van der Waals surface area contributed by atoms with Crippen molar-refractivity contribution in [2.75, 3.05) is 12.8 Å². The van der Waals surface area contributed by atoms with Gasteiger partial charge in [0.1, 0.15) is 11.6 Å². The van der Waals surface area contributed by atoms with Gasteiger partial charge in [0.05, 0.1) is 5.75 Å². The summed E-state index contributed by atoms with van der Waals surface area (Å²) in [5, 5.41) is 2.46. The van der Waals surface area contributed by atoms with Gasteiger partial charge in [-0.05, 0) is 11.6 Å². The summed E-state index contributed by atoms with van der Waals surface area (Å²) in [7, 11) is 1.54. The average molecular weight is 231 g/mol. The zero-order chi connectivity index (χ0) is 11.3.